The van der Waals surface area contributed by atoms with E-state index < -0.39 is 24.0 Å². The first kappa shape index (κ1) is 18.7. The number of pyridine rings is 1. The average molecular weight is 329 g/mol. The van der Waals surface area contributed by atoms with Crippen LogP contribution in [0.3, 0.4) is 0 Å². The molecule has 1 aromatic rings. The van der Waals surface area contributed by atoms with Crippen molar-refractivity contribution < 1.29 is 13.7 Å². The van der Waals surface area contributed by atoms with Crippen LogP contribution < -0.4 is 0 Å². The summed E-state index contributed by atoms with van der Waals surface area (Å²) in [7, 11) is -1.02. The molecule has 5 heteroatoms. The lowest BCUT2D eigenvalue weighted by Crippen LogP contribution is -2.41. The maximum atomic E-state index is 14.7. The highest BCUT2D eigenvalue weighted by molar-refractivity contribution is 6.54. The highest BCUT2D eigenvalue weighted by Gasteiger charge is 2.53. The molecule has 2 rings (SSSR count). The predicted octanol–water partition coefficient (Wildman–Crippen LogP) is 4.42. The van der Waals surface area contributed by atoms with E-state index >= 15 is 0 Å². The van der Waals surface area contributed by atoms with Crippen LogP contribution in [-0.2, 0) is 9.31 Å². The Morgan fingerprint density at radius 1 is 1.21 bits per heavy atom. The number of rotatable bonds is 2. The molecule has 2 heterocycles. The van der Waals surface area contributed by atoms with Crippen LogP contribution in [0.4, 0.5) is 4.39 Å². The third kappa shape index (κ3) is 4.26. The van der Waals surface area contributed by atoms with Crippen molar-refractivity contribution in [3.8, 4) is 11.8 Å². The smallest absolute Gasteiger partial charge is 0.398 e. The maximum Gasteiger partial charge on any atom is 0.525 e. The number of nitrogens with zero attached hydrogens (tertiary/aromatic N) is 1. The van der Waals surface area contributed by atoms with Crippen LogP contribution in [0.5, 0.6) is 0 Å². The highest BCUT2D eigenvalue weighted by atomic mass is 19.1. The van der Waals surface area contributed by atoms with Crippen molar-refractivity contribution in [3.05, 3.63) is 35.3 Å². The molecule has 0 spiro atoms. The zero-order valence-corrected chi connectivity index (χ0v) is 15.5. The van der Waals surface area contributed by atoms with Gasteiger partial charge in [-0.15, -0.1) is 0 Å². The van der Waals surface area contributed by atoms with Gasteiger partial charge >= 0.3 is 7.12 Å². The van der Waals surface area contributed by atoms with E-state index in [1.165, 1.54) is 6.08 Å². The van der Waals surface area contributed by atoms with Crippen LogP contribution >= 0.6 is 0 Å². The van der Waals surface area contributed by atoms with Crippen LogP contribution in [0.2, 0.25) is 0 Å². The van der Waals surface area contributed by atoms with Crippen molar-refractivity contribution in [3.63, 3.8) is 0 Å². The Morgan fingerprint density at radius 2 is 1.79 bits per heavy atom. The molecule has 3 nitrogen and oxygen atoms in total. The van der Waals surface area contributed by atoms with Gasteiger partial charge in [0.15, 0.2) is 0 Å². The highest BCUT2D eigenvalue weighted by Crippen LogP contribution is 2.39. The SMILES string of the molecule is CC(C)(C)C#Cc1ncccc1C=C(F)B1OC(C)(C)C(C)(C)O1. The first-order valence-corrected chi connectivity index (χ1v) is 8.12. The summed E-state index contributed by atoms with van der Waals surface area (Å²) in [5.74, 6) is 6.15. The second-order valence-electron chi connectivity index (χ2n) is 8.06. The quantitative estimate of drug-likeness (QED) is 0.594. The average Bonchev–Trinajstić information content (AvgIpc) is 2.66. The second-order valence-corrected chi connectivity index (χ2v) is 8.06. The van der Waals surface area contributed by atoms with Crippen molar-refractivity contribution in [2.45, 2.75) is 59.7 Å². The Hall–Kier alpha value is -1.64. The van der Waals surface area contributed by atoms with E-state index in [4.69, 9.17) is 9.31 Å². The molecule has 0 bridgehead atoms. The summed E-state index contributed by atoms with van der Waals surface area (Å²) in [5.41, 5.74) is -0.636. The summed E-state index contributed by atoms with van der Waals surface area (Å²) < 4.78 is 26.1. The van der Waals surface area contributed by atoms with Crippen molar-refractivity contribution in [2.75, 3.05) is 0 Å². The molecule has 0 saturated carbocycles. The third-order valence-corrected chi connectivity index (χ3v) is 4.17. The zero-order valence-electron chi connectivity index (χ0n) is 15.5. The lowest BCUT2D eigenvalue weighted by molar-refractivity contribution is 0.00578. The van der Waals surface area contributed by atoms with E-state index in [2.05, 4.69) is 16.8 Å². The second kappa shape index (κ2) is 6.35. The summed E-state index contributed by atoms with van der Waals surface area (Å²) in [4.78, 5) is 4.25. The molecule has 1 fully saturated rings. The molecular weight excluding hydrogens is 304 g/mol. The van der Waals surface area contributed by atoms with Crippen LogP contribution in [0.25, 0.3) is 6.08 Å². The van der Waals surface area contributed by atoms with Gasteiger partial charge in [0, 0.05) is 17.2 Å². The minimum Gasteiger partial charge on any atom is -0.398 e. The Morgan fingerprint density at radius 3 is 2.33 bits per heavy atom. The third-order valence-electron chi connectivity index (χ3n) is 4.17. The fourth-order valence-electron chi connectivity index (χ4n) is 2.06. The van der Waals surface area contributed by atoms with Crippen molar-refractivity contribution in [2.24, 2.45) is 5.41 Å². The molecule has 0 atom stereocenters. The Kier molecular flexibility index (Phi) is 4.95. The largest absolute Gasteiger partial charge is 0.525 e. The maximum absolute atomic E-state index is 14.7. The topological polar surface area (TPSA) is 31.4 Å². The molecule has 0 radical (unpaired) electrons. The molecule has 1 saturated heterocycles. The lowest BCUT2D eigenvalue weighted by atomic mass is 9.86. The fourth-order valence-corrected chi connectivity index (χ4v) is 2.06. The van der Waals surface area contributed by atoms with Crippen LogP contribution in [0.1, 0.15) is 59.7 Å². The monoisotopic (exact) mass is 329 g/mol. The van der Waals surface area contributed by atoms with E-state index in [1.807, 2.05) is 48.5 Å². The van der Waals surface area contributed by atoms with Gasteiger partial charge in [0.05, 0.1) is 11.2 Å². The van der Waals surface area contributed by atoms with Gasteiger partial charge < -0.3 is 9.31 Å². The van der Waals surface area contributed by atoms with Crippen molar-refractivity contribution in [1.29, 1.82) is 0 Å². The summed E-state index contributed by atoms with van der Waals surface area (Å²) in [5, 5.41) is 0. The Bertz CT molecular complexity index is 692. The van der Waals surface area contributed by atoms with Gasteiger partial charge in [-0.2, -0.15) is 0 Å². The first-order chi connectivity index (χ1) is 10.9. The molecule has 0 unspecified atom stereocenters. The number of hydrogen-bond acceptors (Lipinski definition) is 3. The van der Waals surface area contributed by atoms with Gasteiger partial charge in [0.25, 0.3) is 0 Å². The number of halogens is 1. The molecule has 0 aliphatic carbocycles. The first-order valence-electron chi connectivity index (χ1n) is 8.12. The van der Waals surface area contributed by atoms with Gasteiger partial charge in [-0.05, 0) is 66.5 Å². The molecule has 128 valence electrons. The van der Waals surface area contributed by atoms with E-state index in [-0.39, 0.29) is 5.41 Å². The molecule has 0 aromatic carbocycles. The molecule has 24 heavy (non-hydrogen) atoms. The van der Waals surface area contributed by atoms with E-state index in [0.717, 1.165) is 0 Å². The lowest BCUT2D eigenvalue weighted by Gasteiger charge is -2.32. The zero-order chi connectivity index (χ0) is 18.2. The minimum absolute atomic E-state index is 0.150. The molecule has 0 N–H and O–H groups in total. The van der Waals surface area contributed by atoms with Gasteiger partial charge in [0.2, 0.25) is 0 Å². The molecule has 1 aliphatic rings. The normalized spacial score (nSPS) is 19.8. The summed E-state index contributed by atoms with van der Waals surface area (Å²) in [6.07, 6.45) is 3.04. The molecule has 1 aromatic heterocycles. The standard InChI is InChI=1S/C19H25BFNO2/c1-17(2,3)11-10-15-14(9-8-12-22-15)13-16(21)20-23-18(4,5)19(6,7)24-20/h8-9,12-13H,1-7H3. The Balaban J connectivity index is 2.30. The van der Waals surface area contributed by atoms with Gasteiger partial charge in [-0.25, -0.2) is 9.37 Å². The van der Waals surface area contributed by atoms with E-state index in [9.17, 15) is 4.39 Å². The van der Waals surface area contributed by atoms with Gasteiger partial charge in [-0.1, -0.05) is 12.0 Å². The fraction of sp³-hybridized carbons (Fsp3) is 0.526. The van der Waals surface area contributed by atoms with Gasteiger partial charge in [-0.3, -0.25) is 0 Å². The van der Waals surface area contributed by atoms with E-state index in [0.29, 0.717) is 11.3 Å². The molecule has 0 amide bonds. The summed E-state index contributed by atoms with van der Waals surface area (Å²) in [6, 6.07) is 3.54. The summed E-state index contributed by atoms with van der Waals surface area (Å²) in [6.45, 7) is 13.6. The van der Waals surface area contributed by atoms with Crippen LogP contribution in [0.15, 0.2) is 24.1 Å². The molecule has 1 aliphatic heterocycles. The Labute approximate surface area is 144 Å². The van der Waals surface area contributed by atoms with Crippen LogP contribution in [-0.4, -0.2) is 23.3 Å². The van der Waals surface area contributed by atoms with Crippen molar-refractivity contribution >= 4 is 13.2 Å². The summed E-state index contributed by atoms with van der Waals surface area (Å²) >= 11 is 0. The number of hydrogen-bond donors (Lipinski definition) is 0. The van der Waals surface area contributed by atoms with Gasteiger partial charge in [0.1, 0.15) is 11.4 Å². The minimum atomic E-state index is -1.02. The number of aromatic nitrogens is 1. The van der Waals surface area contributed by atoms with Crippen LogP contribution in [0, 0.1) is 17.3 Å². The molecular formula is C19H25BFNO2. The predicted molar refractivity (Wildman–Crippen MR) is 95.7 cm³/mol. The van der Waals surface area contributed by atoms with Crippen molar-refractivity contribution in [1.82, 2.24) is 4.98 Å². The van der Waals surface area contributed by atoms with E-state index in [1.54, 1.807) is 18.3 Å².